The number of carbonyl (C=O) groups is 1. The van der Waals surface area contributed by atoms with E-state index < -0.39 is 11.7 Å². The Bertz CT molecular complexity index is 462. The summed E-state index contributed by atoms with van der Waals surface area (Å²) in [4.78, 5) is 13.8. The topological polar surface area (TPSA) is 29.5 Å². The standard InChI is InChI=1S/C14H16F3NO2/c1-20-12-6-8-18(9-7-12)13(19)10-2-4-11(5-3-10)14(15,16)17/h2-5,12H,6-9H2,1H3. The van der Waals surface area contributed by atoms with Crippen LogP contribution in [0.2, 0.25) is 0 Å². The zero-order chi connectivity index (χ0) is 14.8. The second-order valence-electron chi connectivity index (χ2n) is 4.80. The lowest BCUT2D eigenvalue weighted by atomic mass is 10.1. The number of piperidine rings is 1. The van der Waals surface area contributed by atoms with Crippen LogP contribution >= 0.6 is 0 Å². The first-order chi connectivity index (χ1) is 9.41. The average molecular weight is 287 g/mol. The maximum absolute atomic E-state index is 12.4. The first kappa shape index (κ1) is 14.8. The molecule has 1 amide bonds. The molecule has 1 heterocycles. The Kier molecular flexibility index (Phi) is 4.32. The number of nitrogens with zero attached hydrogens (tertiary/aromatic N) is 1. The van der Waals surface area contributed by atoms with E-state index in [1.165, 1.54) is 12.1 Å². The van der Waals surface area contributed by atoms with E-state index in [2.05, 4.69) is 0 Å². The number of ether oxygens (including phenoxy) is 1. The minimum Gasteiger partial charge on any atom is -0.381 e. The van der Waals surface area contributed by atoms with Crippen molar-refractivity contribution in [3.63, 3.8) is 0 Å². The predicted molar refractivity (Wildman–Crippen MR) is 67.4 cm³/mol. The van der Waals surface area contributed by atoms with Gasteiger partial charge in [-0.2, -0.15) is 13.2 Å². The number of halogens is 3. The van der Waals surface area contributed by atoms with Gasteiger partial charge in [-0.15, -0.1) is 0 Å². The maximum atomic E-state index is 12.4. The van der Waals surface area contributed by atoms with E-state index in [1.54, 1.807) is 12.0 Å². The molecule has 0 spiro atoms. The Morgan fingerprint density at radius 2 is 1.75 bits per heavy atom. The fourth-order valence-electron chi connectivity index (χ4n) is 2.28. The summed E-state index contributed by atoms with van der Waals surface area (Å²) in [5.74, 6) is -0.228. The van der Waals surface area contributed by atoms with Gasteiger partial charge in [0.05, 0.1) is 11.7 Å². The molecule has 0 radical (unpaired) electrons. The lowest BCUT2D eigenvalue weighted by Crippen LogP contribution is -2.40. The third-order valence-corrected chi connectivity index (χ3v) is 3.52. The van der Waals surface area contributed by atoms with Gasteiger partial charge < -0.3 is 9.64 Å². The molecule has 1 aliphatic rings. The molecule has 6 heteroatoms. The molecule has 1 aromatic carbocycles. The number of alkyl halides is 3. The van der Waals surface area contributed by atoms with Crippen LogP contribution < -0.4 is 0 Å². The number of rotatable bonds is 2. The summed E-state index contributed by atoms with van der Waals surface area (Å²) in [6, 6.07) is 4.34. The van der Waals surface area contributed by atoms with Gasteiger partial charge in [0.25, 0.3) is 5.91 Å². The Morgan fingerprint density at radius 3 is 2.20 bits per heavy atom. The van der Waals surface area contributed by atoms with Gasteiger partial charge in [0.1, 0.15) is 0 Å². The Morgan fingerprint density at radius 1 is 1.20 bits per heavy atom. The summed E-state index contributed by atoms with van der Waals surface area (Å²) in [5.41, 5.74) is -0.457. The van der Waals surface area contributed by atoms with Crippen LogP contribution in [0.1, 0.15) is 28.8 Å². The maximum Gasteiger partial charge on any atom is 0.416 e. The van der Waals surface area contributed by atoms with Crippen LogP contribution in [-0.4, -0.2) is 37.1 Å². The van der Waals surface area contributed by atoms with Crippen LogP contribution in [0.5, 0.6) is 0 Å². The molecular formula is C14H16F3NO2. The molecule has 1 saturated heterocycles. The number of methoxy groups -OCH3 is 1. The molecule has 0 unspecified atom stereocenters. The van der Waals surface area contributed by atoms with E-state index in [0.29, 0.717) is 13.1 Å². The SMILES string of the molecule is COC1CCN(C(=O)c2ccc(C(F)(F)F)cc2)CC1. The van der Waals surface area contributed by atoms with E-state index in [4.69, 9.17) is 4.74 Å². The van der Waals surface area contributed by atoms with Gasteiger partial charge >= 0.3 is 6.18 Å². The van der Waals surface area contributed by atoms with E-state index in [1.807, 2.05) is 0 Å². The zero-order valence-electron chi connectivity index (χ0n) is 11.1. The van der Waals surface area contributed by atoms with Crippen LogP contribution in [0.3, 0.4) is 0 Å². The highest BCUT2D eigenvalue weighted by Gasteiger charge is 2.30. The fourth-order valence-corrected chi connectivity index (χ4v) is 2.28. The largest absolute Gasteiger partial charge is 0.416 e. The van der Waals surface area contributed by atoms with Gasteiger partial charge in [0, 0.05) is 25.8 Å². The summed E-state index contributed by atoms with van der Waals surface area (Å²) in [6.07, 6.45) is -2.71. The molecule has 1 fully saturated rings. The van der Waals surface area contributed by atoms with Crippen molar-refractivity contribution in [1.29, 1.82) is 0 Å². The Labute approximate surface area is 115 Å². The van der Waals surface area contributed by atoms with Crippen LogP contribution in [0, 0.1) is 0 Å². The third-order valence-electron chi connectivity index (χ3n) is 3.52. The first-order valence-corrected chi connectivity index (χ1v) is 6.41. The van der Waals surface area contributed by atoms with E-state index >= 15 is 0 Å². The number of carbonyl (C=O) groups excluding carboxylic acids is 1. The highest BCUT2D eigenvalue weighted by atomic mass is 19.4. The summed E-state index contributed by atoms with van der Waals surface area (Å²) < 4.78 is 42.6. The van der Waals surface area contributed by atoms with Crippen LogP contribution in [0.4, 0.5) is 13.2 Å². The normalized spacial score (nSPS) is 17.3. The third kappa shape index (κ3) is 3.30. The van der Waals surface area contributed by atoms with Gasteiger partial charge in [-0.1, -0.05) is 0 Å². The van der Waals surface area contributed by atoms with Gasteiger partial charge in [0.15, 0.2) is 0 Å². The molecule has 0 saturated carbocycles. The molecule has 2 rings (SSSR count). The number of amides is 1. The molecule has 0 aromatic heterocycles. The van der Waals surface area contributed by atoms with E-state index in [0.717, 1.165) is 25.0 Å². The van der Waals surface area contributed by atoms with Crippen molar-refractivity contribution in [2.75, 3.05) is 20.2 Å². The predicted octanol–water partition coefficient (Wildman–Crippen LogP) is 2.96. The molecule has 20 heavy (non-hydrogen) atoms. The summed E-state index contributed by atoms with van der Waals surface area (Å²) in [6.45, 7) is 1.14. The lowest BCUT2D eigenvalue weighted by Gasteiger charge is -2.31. The Balaban J connectivity index is 2.03. The second kappa shape index (κ2) is 5.83. The average Bonchev–Trinajstić information content (AvgIpc) is 2.46. The van der Waals surface area contributed by atoms with Crippen LogP contribution in [0.15, 0.2) is 24.3 Å². The minimum absolute atomic E-state index is 0.159. The van der Waals surface area contributed by atoms with Crippen molar-refractivity contribution in [1.82, 2.24) is 4.90 Å². The highest BCUT2D eigenvalue weighted by Crippen LogP contribution is 2.29. The number of hydrogen-bond donors (Lipinski definition) is 0. The molecule has 0 bridgehead atoms. The van der Waals surface area contributed by atoms with Gasteiger partial charge in [-0.05, 0) is 37.1 Å². The monoisotopic (exact) mass is 287 g/mol. The fraction of sp³-hybridized carbons (Fsp3) is 0.500. The molecule has 0 aliphatic carbocycles. The lowest BCUT2D eigenvalue weighted by molar-refractivity contribution is -0.137. The molecule has 3 nitrogen and oxygen atoms in total. The molecule has 1 aliphatic heterocycles. The molecule has 110 valence electrons. The second-order valence-corrected chi connectivity index (χ2v) is 4.80. The highest BCUT2D eigenvalue weighted by molar-refractivity contribution is 5.94. The summed E-state index contributed by atoms with van der Waals surface area (Å²) in [5, 5.41) is 0. The minimum atomic E-state index is -4.38. The quantitative estimate of drug-likeness (QED) is 0.837. The van der Waals surface area contributed by atoms with Crippen molar-refractivity contribution in [2.45, 2.75) is 25.1 Å². The summed E-state index contributed by atoms with van der Waals surface area (Å²) >= 11 is 0. The molecular weight excluding hydrogens is 271 g/mol. The molecule has 0 atom stereocenters. The number of likely N-dealkylation sites (tertiary alicyclic amines) is 1. The smallest absolute Gasteiger partial charge is 0.381 e. The van der Waals surface area contributed by atoms with Crippen molar-refractivity contribution in [3.05, 3.63) is 35.4 Å². The molecule has 0 N–H and O–H groups in total. The van der Waals surface area contributed by atoms with Crippen LogP contribution in [-0.2, 0) is 10.9 Å². The van der Waals surface area contributed by atoms with Crippen molar-refractivity contribution < 1.29 is 22.7 Å². The van der Waals surface area contributed by atoms with Gasteiger partial charge in [-0.25, -0.2) is 0 Å². The van der Waals surface area contributed by atoms with Crippen LogP contribution in [0.25, 0.3) is 0 Å². The van der Waals surface area contributed by atoms with E-state index in [-0.39, 0.29) is 17.6 Å². The first-order valence-electron chi connectivity index (χ1n) is 6.41. The zero-order valence-corrected chi connectivity index (χ0v) is 11.1. The molecule has 1 aromatic rings. The number of hydrogen-bond acceptors (Lipinski definition) is 2. The van der Waals surface area contributed by atoms with Gasteiger partial charge in [-0.3, -0.25) is 4.79 Å². The van der Waals surface area contributed by atoms with Crippen molar-refractivity contribution >= 4 is 5.91 Å². The number of benzene rings is 1. The van der Waals surface area contributed by atoms with Gasteiger partial charge in [0.2, 0.25) is 0 Å². The summed E-state index contributed by atoms with van der Waals surface area (Å²) in [7, 11) is 1.64. The van der Waals surface area contributed by atoms with Crippen molar-refractivity contribution in [3.8, 4) is 0 Å². The Hall–Kier alpha value is -1.56. The van der Waals surface area contributed by atoms with Crippen molar-refractivity contribution in [2.24, 2.45) is 0 Å². The van der Waals surface area contributed by atoms with E-state index in [9.17, 15) is 18.0 Å².